The Morgan fingerprint density at radius 3 is 2.56 bits per heavy atom. The summed E-state index contributed by atoms with van der Waals surface area (Å²) in [5, 5.41) is 4.07. The zero-order valence-corrected chi connectivity index (χ0v) is 10.4. The van der Waals surface area contributed by atoms with Crippen LogP contribution >= 0.6 is 11.6 Å². The first-order chi connectivity index (χ1) is 7.65. The molecule has 16 heavy (non-hydrogen) atoms. The van der Waals surface area contributed by atoms with E-state index in [0.717, 1.165) is 23.1 Å². The predicted octanol–water partition coefficient (Wildman–Crippen LogP) is 3.14. The number of halogens is 1. The number of hydrogen-bond donors (Lipinski definition) is 1. The highest BCUT2D eigenvalue weighted by Gasteiger charge is 2.34. The maximum absolute atomic E-state index is 6.14. The normalized spacial score (nSPS) is 27.9. The molecule has 1 aromatic heterocycles. The SMILES string of the molecule is Cc1c(Cl)nc(C2CC2)nc1NC1CC1C. The van der Waals surface area contributed by atoms with Gasteiger partial charge in [-0.25, -0.2) is 9.97 Å². The van der Waals surface area contributed by atoms with Crippen molar-refractivity contribution < 1.29 is 0 Å². The minimum atomic E-state index is 0.551. The second-order valence-electron chi connectivity index (χ2n) is 5.08. The molecule has 0 aliphatic heterocycles. The van der Waals surface area contributed by atoms with Gasteiger partial charge in [0.15, 0.2) is 0 Å². The van der Waals surface area contributed by atoms with Crippen molar-refractivity contribution in [3.05, 3.63) is 16.5 Å². The second kappa shape index (κ2) is 3.59. The van der Waals surface area contributed by atoms with Crippen molar-refractivity contribution in [1.29, 1.82) is 0 Å². The van der Waals surface area contributed by atoms with Crippen molar-refractivity contribution in [2.75, 3.05) is 5.32 Å². The maximum atomic E-state index is 6.14. The lowest BCUT2D eigenvalue weighted by Gasteiger charge is -2.10. The fourth-order valence-corrected chi connectivity index (χ4v) is 2.05. The lowest BCUT2D eigenvalue weighted by atomic mass is 10.3. The van der Waals surface area contributed by atoms with Gasteiger partial charge >= 0.3 is 0 Å². The molecule has 0 aromatic carbocycles. The van der Waals surface area contributed by atoms with Gasteiger partial charge in [-0.1, -0.05) is 18.5 Å². The Labute approximate surface area is 101 Å². The summed E-state index contributed by atoms with van der Waals surface area (Å²) in [5.74, 6) is 3.18. The third kappa shape index (κ3) is 1.88. The van der Waals surface area contributed by atoms with Crippen LogP contribution in [0.4, 0.5) is 5.82 Å². The van der Waals surface area contributed by atoms with Crippen LogP contribution in [0.3, 0.4) is 0 Å². The van der Waals surface area contributed by atoms with Crippen molar-refractivity contribution in [2.45, 2.75) is 45.1 Å². The molecule has 2 saturated carbocycles. The summed E-state index contributed by atoms with van der Waals surface area (Å²) in [5.41, 5.74) is 0.977. The predicted molar refractivity (Wildman–Crippen MR) is 64.9 cm³/mol. The summed E-state index contributed by atoms with van der Waals surface area (Å²) in [6.07, 6.45) is 3.65. The smallest absolute Gasteiger partial charge is 0.137 e. The average molecular weight is 238 g/mol. The second-order valence-corrected chi connectivity index (χ2v) is 5.44. The Morgan fingerprint density at radius 1 is 1.31 bits per heavy atom. The molecule has 3 rings (SSSR count). The summed E-state index contributed by atoms with van der Waals surface area (Å²) < 4.78 is 0. The largest absolute Gasteiger partial charge is 0.367 e. The highest BCUT2D eigenvalue weighted by molar-refractivity contribution is 6.30. The highest BCUT2D eigenvalue weighted by atomic mass is 35.5. The van der Waals surface area contributed by atoms with Gasteiger partial charge in [0.2, 0.25) is 0 Å². The molecule has 2 atom stereocenters. The van der Waals surface area contributed by atoms with E-state index in [1.54, 1.807) is 0 Å². The van der Waals surface area contributed by atoms with Gasteiger partial charge in [-0.2, -0.15) is 0 Å². The lowest BCUT2D eigenvalue weighted by Crippen LogP contribution is -2.09. The van der Waals surface area contributed by atoms with E-state index in [9.17, 15) is 0 Å². The molecule has 86 valence electrons. The van der Waals surface area contributed by atoms with Gasteiger partial charge in [-0.05, 0) is 32.1 Å². The fraction of sp³-hybridized carbons (Fsp3) is 0.667. The van der Waals surface area contributed by atoms with Gasteiger partial charge in [0, 0.05) is 17.5 Å². The molecule has 3 nitrogen and oxygen atoms in total. The van der Waals surface area contributed by atoms with Crippen LogP contribution in [0, 0.1) is 12.8 Å². The van der Waals surface area contributed by atoms with Gasteiger partial charge < -0.3 is 5.32 Å². The minimum Gasteiger partial charge on any atom is -0.367 e. The Kier molecular flexibility index (Phi) is 2.32. The molecule has 0 saturated heterocycles. The summed E-state index contributed by atoms with van der Waals surface area (Å²) in [6.45, 7) is 4.23. The zero-order chi connectivity index (χ0) is 11.3. The van der Waals surface area contributed by atoms with Crippen LogP contribution in [0.1, 0.15) is 43.5 Å². The van der Waals surface area contributed by atoms with Gasteiger partial charge in [-0.3, -0.25) is 0 Å². The van der Waals surface area contributed by atoms with Crippen molar-refractivity contribution in [1.82, 2.24) is 9.97 Å². The van der Waals surface area contributed by atoms with E-state index in [-0.39, 0.29) is 0 Å². The Bertz CT molecular complexity index is 429. The standard InChI is InChI=1S/C12H16ClN3/c1-6-5-9(6)14-11-7(2)10(13)15-12(16-11)8-3-4-8/h6,8-9H,3-5H2,1-2H3,(H,14,15,16). The zero-order valence-electron chi connectivity index (χ0n) is 9.63. The molecule has 1 heterocycles. The van der Waals surface area contributed by atoms with Crippen LogP contribution in [0.15, 0.2) is 0 Å². The lowest BCUT2D eigenvalue weighted by molar-refractivity contribution is 0.888. The van der Waals surface area contributed by atoms with E-state index in [1.165, 1.54) is 19.3 Å². The van der Waals surface area contributed by atoms with E-state index >= 15 is 0 Å². The first-order valence-corrected chi connectivity index (χ1v) is 6.33. The molecular formula is C12H16ClN3. The first-order valence-electron chi connectivity index (χ1n) is 5.95. The maximum Gasteiger partial charge on any atom is 0.137 e. The van der Waals surface area contributed by atoms with E-state index in [2.05, 4.69) is 22.2 Å². The van der Waals surface area contributed by atoms with Crippen LogP contribution in [0.5, 0.6) is 0 Å². The van der Waals surface area contributed by atoms with Gasteiger partial charge in [0.25, 0.3) is 0 Å². The number of nitrogens with one attached hydrogen (secondary N) is 1. The van der Waals surface area contributed by atoms with Crippen molar-refractivity contribution >= 4 is 17.4 Å². The molecule has 2 aliphatic rings. The van der Waals surface area contributed by atoms with Crippen molar-refractivity contribution in [2.24, 2.45) is 5.92 Å². The Balaban J connectivity index is 1.88. The number of rotatable bonds is 3. The minimum absolute atomic E-state index is 0.551. The molecule has 1 aromatic rings. The Hall–Kier alpha value is -0.830. The molecule has 0 bridgehead atoms. The summed E-state index contributed by atoms with van der Waals surface area (Å²) in [6, 6.07) is 0.580. The van der Waals surface area contributed by atoms with E-state index in [0.29, 0.717) is 17.1 Å². The molecule has 2 unspecified atom stereocenters. The van der Waals surface area contributed by atoms with Crippen LogP contribution in [-0.4, -0.2) is 16.0 Å². The van der Waals surface area contributed by atoms with Gasteiger partial charge in [0.05, 0.1) is 0 Å². The van der Waals surface area contributed by atoms with E-state index < -0.39 is 0 Å². The molecule has 0 amide bonds. The highest BCUT2D eigenvalue weighted by Crippen LogP contribution is 2.40. The number of nitrogens with zero attached hydrogens (tertiary/aromatic N) is 2. The molecule has 1 N–H and O–H groups in total. The monoisotopic (exact) mass is 237 g/mol. The molecule has 0 spiro atoms. The summed E-state index contributed by atoms with van der Waals surface area (Å²) in [7, 11) is 0. The van der Waals surface area contributed by atoms with Crippen molar-refractivity contribution in [3.8, 4) is 0 Å². The van der Waals surface area contributed by atoms with Gasteiger partial charge in [-0.15, -0.1) is 0 Å². The quantitative estimate of drug-likeness (QED) is 0.821. The summed E-state index contributed by atoms with van der Waals surface area (Å²) >= 11 is 6.14. The number of aromatic nitrogens is 2. The third-order valence-corrected chi connectivity index (χ3v) is 3.85. The number of hydrogen-bond acceptors (Lipinski definition) is 3. The number of anilines is 1. The molecule has 0 radical (unpaired) electrons. The van der Waals surface area contributed by atoms with Crippen molar-refractivity contribution in [3.63, 3.8) is 0 Å². The molecule has 4 heteroatoms. The summed E-state index contributed by atoms with van der Waals surface area (Å²) in [4.78, 5) is 8.96. The van der Waals surface area contributed by atoms with E-state index in [4.69, 9.17) is 11.6 Å². The Morgan fingerprint density at radius 2 is 2.00 bits per heavy atom. The van der Waals surface area contributed by atoms with Crippen LogP contribution in [-0.2, 0) is 0 Å². The first kappa shape index (κ1) is 10.3. The van der Waals surface area contributed by atoms with Gasteiger partial charge in [0.1, 0.15) is 16.8 Å². The van der Waals surface area contributed by atoms with Crippen LogP contribution < -0.4 is 5.32 Å². The molecular weight excluding hydrogens is 222 g/mol. The van der Waals surface area contributed by atoms with Crippen LogP contribution in [0.2, 0.25) is 5.15 Å². The van der Waals surface area contributed by atoms with E-state index in [1.807, 2.05) is 6.92 Å². The van der Waals surface area contributed by atoms with Crippen LogP contribution in [0.25, 0.3) is 0 Å². The molecule has 2 fully saturated rings. The third-order valence-electron chi connectivity index (χ3n) is 3.48. The average Bonchev–Trinajstić information content (AvgIpc) is 3.11. The molecule has 2 aliphatic carbocycles. The fourth-order valence-electron chi connectivity index (χ4n) is 1.87. The topological polar surface area (TPSA) is 37.8 Å².